The number of thiophene rings is 1. The molecule has 0 aliphatic heterocycles. The van der Waals surface area contributed by atoms with Crippen LogP contribution < -0.4 is 10.6 Å². The fraction of sp³-hybridized carbons (Fsp3) is 0.0769. The number of anilines is 1. The van der Waals surface area contributed by atoms with Gasteiger partial charge >= 0.3 is 11.7 Å². The van der Waals surface area contributed by atoms with Gasteiger partial charge in [-0.1, -0.05) is 18.2 Å². The molecule has 2 heterocycles. The molecule has 0 bridgehead atoms. The lowest BCUT2D eigenvalue weighted by Gasteiger charge is -2.13. The Bertz CT molecular complexity index is 807. The monoisotopic (exact) mass is 301 g/mol. The highest BCUT2D eigenvalue weighted by Gasteiger charge is 2.20. The molecule has 0 radical (unpaired) electrons. The van der Waals surface area contributed by atoms with Gasteiger partial charge in [0.2, 0.25) is 0 Å². The maximum absolute atomic E-state index is 12.3. The second-order valence-electron chi connectivity index (χ2n) is 4.24. The second kappa shape index (κ2) is 5.33. The van der Waals surface area contributed by atoms with Gasteiger partial charge in [-0.05, 0) is 34.0 Å². The average molecular weight is 301 g/mol. The van der Waals surface area contributed by atoms with Crippen LogP contribution in [0.5, 0.6) is 0 Å². The molecular formula is C13H11N5O2S. The third-order valence-electron chi connectivity index (χ3n) is 2.94. The number of benzene rings is 1. The first-order valence-electron chi connectivity index (χ1n) is 6.09. The molecular weight excluding hydrogens is 290 g/mol. The van der Waals surface area contributed by atoms with E-state index in [0.29, 0.717) is 11.4 Å². The smallest absolute Gasteiger partial charge is 0.295 e. The van der Waals surface area contributed by atoms with Crippen molar-refractivity contribution in [3.63, 3.8) is 0 Å². The van der Waals surface area contributed by atoms with E-state index in [1.807, 2.05) is 16.8 Å². The van der Waals surface area contributed by atoms with Gasteiger partial charge in [-0.25, -0.2) is 9.59 Å². The predicted octanol–water partition coefficient (Wildman–Crippen LogP) is 1.59. The number of amides is 1. The normalized spacial score (nSPS) is 10.5. The highest BCUT2D eigenvalue weighted by molar-refractivity contribution is 7.08. The number of aromatic nitrogens is 4. The molecule has 0 N–H and O–H groups in total. The summed E-state index contributed by atoms with van der Waals surface area (Å²) in [5.74, 6) is 0. The Morgan fingerprint density at radius 3 is 2.62 bits per heavy atom. The van der Waals surface area contributed by atoms with Crippen molar-refractivity contribution < 1.29 is 4.79 Å². The first-order chi connectivity index (χ1) is 10.2. The molecule has 1 aromatic carbocycles. The summed E-state index contributed by atoms with van der Waals surface area (Å²) in [6.07, 6.45) is 0. The zero-order chi connectivity index (χ0) is 14.8. The molecule has 3 rings (SSSR count). The number of nitrogens with zero attached hydrogens (tertiary/aromatic N) is 5. The van der Waals surface area contributed by atoms with Crippen LogP contribution in [0.15, 0.2) is 52.0 Å². The number of rotatable bonds is 2. The van der Waals surface area contributed by atoms with Gasteiger partial charge in [-0.15, -0.1) is 4.68 Å². The topological polar surface area (TPSA) is 73.0 Å². The van der Waals surface area contributed by atoms with Crippen molar-refractivity contribution in [3.8, 4) is 5.69 Å². The second-order valence-corrected chi connectivity index (χ2v) is 5.02. The summed E-state index contributed by atoms with van der Waals surface area (Å²) in [4.78, 5) is 25.9. The lowest BCUT2D eigenvalue weighted by molar-refractivity contribution is 0.245. The number of hydrogen-bond donors (Lipinski definition) is 0. The molecule has 2 aromatic heterocycles. The van der Waals surface area contributed by atoms with E-state index in [1.165, 1.54) is 16.2 Å². The SMILES string of the molecule is CN(C(=O)n1nnn(-c2ccccc2)c1=O)c1ccsc1. The number of hydrogen-bond acceptors (Lipinski definition) is 5. The summed E-state index contributed by atoms with van der Waals surface area (Å²) in [7, 11) is 1.58. The fourth-order valence-electron chi connectivity index (χ4n) is 1.80. The van der Waals surface area contributed by atoms with Crippen molar-refractivity contribution in [3.05, 3.63) is 57.6 Å². The zero-order valence-electron chi connectivity index (χ0n) is 11.1. The minimum Gasteiger partial charge on any atom is -0.295 e. The summed E-state index contributed by atoms with van der Waals surface area (Å²) < 4.78 is 1.82. The molecule has 7 nitrogen and oxygen atoms in total. The van der Waals surface area contributed by atoms with E-state index >= 15 is 0 Å². The molecule has 0 saturated heterocycles. The van der Waals surface area contributed by atoms with Gasteiger partial charge in [0.1, 0.15) is 0 Å². The zero-order valence-corrected chi connectivity index (χ0v) is 11.9. The molecule has 0 fully saturated rings. The van der Waals surface area contributed by atoms with Crippen LogP contribution >= 0.6 is 11.3 Å². The van der Waals surface area contributed by atoms with Gasteiger partial charge in [0.15, 0.2) is 0 Å². The Morgan fingerprint density at radius 1 is 1.19 bits per heavy atom. The number of carbonyl (C=O) groups is 1. The van der Waals surface area contributed by atoms with Crippen molar-refractivity contribution in [2.45, 2.75) is 0 Å². The van der Waals surface area contributed by atoms with Gasteiger partial charge in [-0.3, -0.25) is 4.90 Å². The van der Waals surface area contributed by atoms with Gasteiger partial charge in [0, 0.05) is 12.4 Å². The lowest BCUT2D eigenvalue weighted by atomic mass is 10.3. The highest BCUT2D eigenvalue weighted by Crippen LogP contribution is 2.16. The van der Waals surface area contributed by atoms with Crippen LogP contribution in [0.1, 0.15) is 0 Å². The maximum atomic E-state index is 12.3. The minimum atomic E-state index is -0.603. The lowest BCUT2D eigenvalue weighted by Crippen LogP contribution is -2.38. The van der Waals surface area contributed by atoms with E-state index in [9.17, 15) is 9.59 Å². The quantitative estimate of drug-likeness (QED) is 0.674. The molecule has 1 amide bonds. The van der Waals surface area contributed by atoms with E-state index < -0.39 is 11.7 Å². The maximum Gasteiger partial charge on any atom is 0.377 e. The molecule has 3 aromatic rings. The van der Waals surface area contributed by atoms with E-state index in [1.54, 1.807) is 37.4 Å². The average Bonchev–Trinajstić information content (AvgIpc) is 3.16. The van der Waals surface area contributed by atoms with Crippen molar-refractivity contribution in [1.82, 2.24) is 19.8 Å². The molecule has 21 heavy (non-hydrogen) atoms. The molecule has 8 heteroatoms. The van der Waals surface area contributed by atoms with Crippen LogP contribution in [0.3, 0.4) is 0 Å². The molecule has 0 spiro atoms. The van der Waals surface area contributed by atoms with Gasteiger partial charge < -0.3 is 0 Å². The fourth-order valence-corrected chi connectivity index (χ4v) is 2.47. The van der Waals surface area contributed by atoms with Gasteiger partial charge in [0.25, 0.3) is 0 Å². The van der Waals surface area contributed by atoms with Crippen LogP contribution in [0.2, 0.25) is 0 Å². The molecule has 0 atom stereocenters. The summed E-state index contributed by atoms with van der Waals surface area (Å²) in [5, 5.41) is 11.1. The summed E-state index contributed by atoms with van der Waals surface area (Å²) in [5.41, 5.74) is 0.652. The Hall–Kier alpha value is -2.74. The Labute approximate surface area is 123 Å². The number of carbonyl (C=O) groups excluding carboxylic acids is 1. The molecule has 0 aliphatic carbocycles. The summed E-state index contributed by atoms with van der Waals surface area (Å²) in [6.45, 7) is 0. The van der Waals surface area contributed by atoms with Crippen molar-refractivity contribution in [1.29, 1.82) is 0 Å². The van der Waals surface area contributed by atoms with Crippen LogP contribution in [0.4, 0.5) is 10.5 Å². The predicted molar refractivity (Wildman–Crippen MR) is 79.1 cm³/mol. The van der Waals surface area contributed by atoms with E-state index in [4.69, 9.17) is 0 Å². The van der Waals surface area contributed by atoms with Crippen molar-refractivity contribution in [2.75, 3.05) is 11.9 Å². The largest absolute Gasteiger partial charge is 0.377 e. The first kappa shape index (κ1) is 13.3. The van der Waals surface area contributed by atoms with Crippen molar-refractivity contribution in [2.24, 2.45) is 0 Å². The Kier molecular flexibility index (Phi) is 3.36. The van der Waals surface area contributed by atoms with Crippen LogP contribution in [-0.2, 0) is 0 Å². The summed E-state index contributed by atoms with van der Waals surface area (Å²) in [6, 6.07) is 10.0. The van der Waals surface area contributed by atoms with E-state index in [0.717, 1.165) is 9.36 Å². The molecule has 106 valence electrons. The number of para-hydroxylation sites is 1. The molecule has 0 aliphatic rings. The minimum absolute atomic E-state index is 0.555. The van der Waals surface area contributed by atoms with E-state index in [-0.39, 0.29) is 0 Å². The third-order valence-corrected chi connectivity index (χ3v) is 3.61. The number of tetrazole rings is 1. The Balaban J connectivity index is 1.96. The van der Waals surface area contributed by atoms with Crippen LogP contribution in [0, 0.1) is 0 Å². The summed E-state index contributed by atoms with van der Waals surface area (Å²) >= 11 is 1.46. The van der Waals surface area contributed by atoms with Gasteiger partial charge in [-0.2, -0.15) is 16.0 Å². The standard InChI is InChI=1S/C13H11N5O2S/c1-16(11-7-8-21-9-11)12(19)18-13(20)17(14-15-18)10-5-3-2-4-6-10/h2-9H,1H3. The first-order valence-corrected chi connectivity index (χ1v) is 7.03. The van der Waals surface area contributed by atoms with Crippen LogP contribution in [-0.4, -0.2) is 32.9 Å². The van der Waals surface area contributed by atoms with Crippen LogP contribution in [0.25, 0.3) is 5.69 Å². The van der Waals surface area contributed by atoms with Crippen molar-refractivity contribution >= 4 is 23.1 Å². The molecule has 0 saturated carbocycles. The van der Waals surface area contributed by atoms with Gasteiger partial charge in [0.05, 0.1) is 11.4 Å². The highest BCUT2D eigenvalue weighted by atomic mass is 32.1. The third kappa shape index (κ3) is 2.36. The van der Waals surface area contributed by atoms with E-state index in [2.05, 4.69) is 10.4 Å². The Morgan fingerprint density at radius 2 is 1.95 bits per heavy atom. The molecule has 0 unspecified atom stereocenters.